The number of nitrogens with zero attached hydrogens (tertiary/aromatic N) is 1. The van der Waals surface area contributed by atoms with Gasteiger partial charge in [-0.15, -0.1) is 0 Å². The summed E-state index contributed by atoms with van der Waals surface area (Å²) in [6.07, 6.45) is 8.12. The van der Waals surface area contributed by atoms with Crippen LogP contribution in [0.25, 0.3) is 0 Å². The Morgan fingerprint density at radius 3 is 2.82 bits per heavy atom. The van der Waals surface area contributed by atoms with E-state index in [2.05, 4.69) is 30.7 Å². The van der Waals surface area contributed by atoms with E-state index in [1.165, 1.54) is 30.5 Å². The molecule has 94 valence electrons. The standard InChI is InChI=1S/C15H23NO/c1-15(2)8-13-12(14(17)9-15)6-7-16(13)10-11-4-3-5-11/h6-7,11,14,17H,3-5,8-10H2,1-2H3. The van der Waals surface area contributed by atoms with Gasteiger partial charge in [-0.2, -0.15) is 0 Å². The van der Waals surface area contributed by atoms with Gasteiger partial charge in [-0.05, 0) is 43.1 Å². The Hall–Kier alpha value is -0.760. The number of rotatable bonds is 2. The molecule has 1 N–H and O–H groups in total. The van der Waals surface area contributed by atoms with Gasteiger partial charge < -0.3 is 9.67 Å². The first-order valence-electron chi connectivity index (χ1n) is 6.91. The number of hydrogen-bond donors (Lipinski definition) is 1. The summed E-state index contributed by atoms with van der Waals surface area (Å²) in [6, 6.07) is 2.13. The van der Waals surface area contributed by atoms with Crippen molar-refractivity contribution in [1.82, 2.24) is 4.57 Å². The Kier molecular flexibility index (Phi) is 2.58. The minimum atomic E-state index is -0.253. The van der Waals surface area contributed by atoms with Gasteiger partial charge in [0.15, 0.2) is 0 Å². The van der Waals surface area contributed by atoms with Crippen LogP contribution in [0.5, 0.6) is 0 Å². The van der Waals surface area contributed by atoms with Gasteiger partial charge in [0.2, 0.25) is 0 Å². The number of aromatic nitrogens is 1. The van der Waals surface area contributed by atoms with Gasteiger partial charge in [0.25, 0.3) is 0 Å². The summed E-state index contributed by atoms with van der Waals surface area (Å²) in [5.41, 5.74) is 2.81. The molecule has 0 radical (unpaired) electrons. The second kappa shape index (κ2) is 3.88. The van der Waals surface area contributed by atoms with E-state index >= 15 is 0 Å². The lowest BCUT2D eigenvalue weighted by Gasteiger charge is -2.35. The SMILES string of the molecule is CC1(C)Cc2c(ccn2CC2CCC2)C(O)C1. The van der Waals surface area contributed by atoms with Crippen molar-refractivity contribution in [2.75, 3.05) is 0 Å². The molecular weight excluding hydrogens is 210 g/mol. The fourth-order valence-corrected chi connectivity index (χ4v) is 3.31. The van der Waals surface area contributed by atoms with Crippen molar-refractivity contribution >= 4 is 0 Å². The quantitative estimate of drug-likeness (QED) is 0.833. The lowest BCUT2D eigenvalue weighted by Crippen LogP contribution is -2.28. The van der Waals surface area contributed by atoms with Gasteiger partial charge in [-0.25, -0.2) is 0 Å². The van der Waals surface area contributed by atoms with Crippen molar-refractivity contribution in [2.24, 2.45) is 11.3 Å². The molecule has 1 aromatic rings. The summed E-state index contributed by atoms with van der Waals surface area (Å²) in [5, 5.41) is 10.2. The average Bonchev–Trinajstić information content (AvgIpc) is 2.53. The summed E-state index contributed by atoms with van der Waals surface area (Å²) in [4.78, 5) is 0. The van der Waals surface area contributed by atoms with E-state index in [-0.39, 0.29) is 11.5 Å². The zero-order valence-electron chi connectivity index (χ0n) is 10.9. The Balaban J connectivity index is 1.87. The summed E-state index contributed by atoms with van der Waals surface area (Å²) >= 11 is 0. The lowest BCUT2D eigenvalue weighted by molar-refractivity contribution is 0.0972. The van der Waals surface area contributed by atoms with Gasteiger partial charge in [-0.3, -0.25) is 0 Å². The first-order valence-corrected chi connectivity index (χ1v) is 6.91. The number of hydrogen-bond acceptors (Lipinski definition) is 1. The maximum absolute atomic E-state index is 10.2. The normalized spacial score (nSPS) is 27.6. The molecule has 1 saturated carbocycles. The smallest absolute Gasteiger partial charge is 0.0812 e. The largest absolute Gasteiger partial charge is 0.388 e. The fraction of sp³-hybridized carbons (Fsp3) is 0.733. The van der Waals surface area contributed by atoms with Crippen LogP contribution in [0.4, 0.5) is 0 Å². The molecule has 0 amide bonds. The summed E-state index contributed by atoms with van der Waals surface area (Å²) in [5.74, 6) is 0.883. The molecule has 2 aliphatic carbocycles. The Bertz CT molecular complexity index is 415. The highest BCUT2D eigenvalue weighted by Crippen LogP contribution is 2.41. The maximum atomic E-state index is 10.2. The zero-order valence-corrected chi connectivity index (χ0v) is 10.9. The predicted octanol–water partition coefficient (Wildman–Crippen LogP) is 3.29. The second-order valence-corrected chi connectivity index (χ2v) is 6.73. The predicted molar refractivity (Wildman–Crippen MR) is 68.8 cm³/mol. The van der Waals surface area contributed by atoms with E-state index in [1.54, 1.807) is 0 Å². The topological polar surface area (TPSA) is 25.2 Å². The Labute approximate surface area is 104 Å². The molecule has 0 bridgehead atoms. The minimum Gasteiger partial charge on any atom is -0.388 e. The molecule has 0 saturated heterocycles. The summed E-state index contributed by atoms with van der Waals surface area (Å²) in [7, 11) is 0. The molecule has 3 rings (SSSR count). The molecule has 1 fully saturated rings. The fourth-order valence-electron chi connectivity index (χ4n) is 3.31. The van der Waals surface area contributed by atoms with E-state index in [4.69, 9.17) is 0 Å². The van der Waals surface area contributed by atoms with E-state index in [0.29, 0.717) is 0 Å². The minimum absolute atomic E-state index is 0.238. The third kappa shape index (κ3) is 2.03. The molecule has 2 aliphatic rings. The molecule has 0 aliphatic heterocycles. The molecule has 0 spiro atoms. The Morgan fingerprint density at radius 2 is 2.18 bits per heavy atom. The van der Waals surface area contributed by atoms with Crippen molar-refractivity contribution in [3.05, 3.63) is 23.5 Å². The van der Waals surface area contributed by atoms with Gasteiger partial charge in [0.1, 0.15) is 0 Å². The van der Waals surface area contributed by atoms with E-state index in [9.17, 15) is 5.11 Å². The molecule has 2 heteroatoms. The van der Waals surface area contributed by atoms with Crippen LogP contribution >= 0.6 is 0 Å². The van der Waals surface area contributed by atoms with Crippen LogP contribution in [0.15, 0.2) is 12.3 Å². The van der Waals surface area contributed by atoms with Crippen molar-refractivity contribution in [3.8, 4) is 0 Å². The summed E-state index contributed by atoms with van der Waals surface area (Å²) < 4.78 is 2.41. The van der Waals surface area contributed by atoms with E-state index < -0.39 is 0 Å². The molecule has 17 heavy (non-hydrogen) atoms. The third-order valence-electron chi connectivity index (χ3n) is 4.54. The van der Waals surface area contributed by atoms with Gasteiger partial charge in [0.05, 0.1) is 6.10 Å². The molecule has 1 atom stereocenters. The van der Waals surface area contributed by atoms with Gasteiger partial charge in [0, 0.05) is 24.0 Å². The van der Waals surface area contributed by atoms with Crippen LogP contribution in [-0.2, 0) is 13.0 Å². The average molecular weight is 233 g/mol. The molecule has 1 unspecified atom stereocenters. The number of fused-ring (bicyclic) bond motifs is 1. The number of aliphatic hydroxyl groups is 1. The highest BCUT2D eigenvalue weighted by molar-refractivity contribution is 5.29. The monoisotopic (exact) mass is 233 g/mol. The second-order valence-electron chi connectivity index (χ2n) is 6.73. The van der Waals surface area contributed by atoms with Gasteiger partial charge >= 0.3 is 0 Å². The van der Waals surface area contributed by atoms with Gasteiger partial charge in [-0.1, -0.05) is 20.3 Å². The number of aliphatic hydroxyl groups excluding tert-OH is 1. The van der Waals surface area contributed by atoms with Crippen molar-refractivity contribution < 1.29 is 5.11 Å². The first kappa shape index (κ1) is 11.3. The van der Waals surface area contributed by atoms with Crippen LogP contribution in [0.2, 0.25) is 0 Å². The first-order chi connectivity index (χ1) is 8.05. The van der Waals surface area contributed by atoms with Crippen LogP contribution in [-0.4, -0.2) is 9.67 Å². The van der Waals surface area contributed by atoms with E-state index in [0.717, 1.165) is 25.3 Å². The maximum Gasteiger partial charge on any atom is 0.0812 e. The molecular formula is C15H23NO. The molecule has 0 aromatic carbocycles. The summed E-state index contributed by atoms with van der Waals surface area (Å²) in [6.45, 7) is 5.69. The molecule has 1 aromatic heterocycles. The van der Waals surface area contributed by atoms with Crippen LogP contribution in [0, 0.1) is 11.3 Å². The van der Waals surface area contributed by atoms with Crippen LogP contribution in [0.1, 0.15) is 56.9 Å². The Morgan fingerprint density at radius 1 is 1.41 bits per heavy atom. The van der Waals surface area contributed by atoms with Crippen LogP contribution in [0.3, 0.4) is 0 Å². The molecule has 2 nitrogen and oxygen atoms in total. The van der Waals surface area contributed by atoms with E-state index in [1.807, 2.05) is 0 Å². The highest BCUT2D eigenvalue weighted by atomic mass is 16.3. The van der Waals surface area contributed by atoms with Crippen molar-refractivity contribution in [1.29, 1.82) is 0 Å². The highest BCUT2D eigenvalue weighted by Gasteiger charge is 2.33. The lowest BCUT2D eigenvalue weighted by atomic mass is 9.75. The third-order valence-corrected chi connectivity index (χ3v) is 4.54. The molecule has 1 heterocycles. The van der Waals surface area contributed by atoms with Crippen molar-refractivity contribution in [2.45, 2.75) is 58.6 Å². The van der Waals surface area contributed by atoms with Crippen LogP contribution < -0.4 is 0 Å². The zero-order chi connectivity index (χ0) is 12.0. The van der Waals surface area contributed by atoms with Crippen molar-refractivity contribution in [3.63, 3.8) is 0 Å².